The Morgan fingerprint density at radius 1 is 1.00 bits per heavy atom. The average Bonchev–Trinajstić information content (AvgIpc) is 3.49. The number of thioether (sulfide) groups is 1. The molecule has 1 amide bonds. The molecule has 5 rings (SSSR count). The van der Waals surface area contributed by atoms with Crippen molar-refractivity contribution in [3.8, 4) is 0 Å². The first-order valence-corrected chi connectivity index (χ1v) is 13.1. The van der Waals surface area contributed by atoms with E-state index in [0.29, 0.717) is 10.1 Å². The van der Waals surface area contributed by atoms with Gasteiger partial charge in [0.2, 0.25) is 5.13 Å². The second-order valence-corrected chi connectivity index (χ2v) is 10.3. The lowest BCUT2D eigenvalue weighted by molar-refractivity contribution is -0.117. The standard InChI is InChI=1S/C28H20FN3O3S2/c29-21-14-8-7-13-20(21)24-23(22(33)16-15-18-9-3-1-4-10-18)25(34)26(35)32(24)27-30-31-28(37-27)36-17-19-11-5-2-6-12-19/h1-16,24,34H,17H2. The summed E-state index contributed by atoms with van der Waals surface area (Å²) >= 11 is 2.59. The Morgan fingerprint density at radius 2 is 1.68 bits per heavy atom. The first-order chi connectivity index (χ1) is 18.0. The number of hydrogen-bond donors (Lipinski definition) is 1. The van der Waals surface area contributed by atoms with Gasteiger partial charge in [0.15, 0.2) is 15.9 Å². The fraction of sp³-hybridized carbons (Fsp3) is 0.0714. The number of carbonyl (C=O) groups excluding carboxylic acids is 2. The smallest absolute Gasteiger partial charge is 0.296 e. The second kappa shape index (κ2) is 10.9. The molecule has 1 unspecified atom stereocenters. The second-order valence-electron chi connectivity index (χ2n) is 8.09. The quantitative estimate of drug-likeness (QED) is 0.167. The fourth-order valence-corrected chi connectivity index (χ4v) is 5.77. The van der Waals surface area contributed by atoms with E-state index in [1.165, 1.54) is 36.0 Å². The van der Waals surface area contributed by atoms with Gasteiger partial charge >= 0.3 is 0 Å². The van der Waals surface area contributed by atoms with Gasteiger partial charge < -0.3 is 5.11 Å². The van der Waals surface area contributed by atoms with Gasteiger partial charge in [0.05, 0.1) is 5.57 Å². The van der Waals surface area contributed by atoms with Gasteiger partial charge in [-0.15, -0.1) is 10.2 Å². The average molecular weight is 530 g/mol. The molecule has 0 aliphatic carbocycles. The van der Waals surface area contributed by atoms with Gasteiger partial charge in [0.1, 0.15) is 11.9 Å². The molecule has 6 nitrogen and oxygen atoms in total. The zero-order chi connectivity index (χ0) is 25.8. The first-order valence-electron chi connectivity index (χ1n) is 11.3. The largest absolute Gasteiger partial charge is 0.503 e. The molecule has 0 spiro atoms. The number of benzene rings is 3. The molecule has 4 aromatic rings. The Bertz CT molecular complexity index is 1500. The van der Waals surface area contributed by atoms with Gasteiger partial charge in [-0.05, 0) is 23.3 Å². The van der Waals surface area contributed by atoms with E-state index in [1.807, 2.05) is 60.7 Å². The van der Waals surface area contributed by atoms with E-state index >= 15 is 0 Å². The Labute approximate surface area is 220 Å². The normalized spacial score (nSPS) is 15.6. The molecule has 1 aliphatic heterocycles. The molecule has 1 N–H and O–H groups in total. The molecule has 37 heavy (non-hydrogen) atoms. The van der Waals surface area contributed by atoms with Crippen molar-refractivity contribution in [3.63, 3.8) is 0 Å². The van der Waals surface area contributed by atoms with Crippen LogP contribution in [0.3, 0.4) is 0 Å². The summed E-state index contributed by atoms with van der Waals surface area (Å²) in [4.78, 5) is 27.6. The van der Waals surface area contributed by atoms with E-state index < -0.39 is 29.3 Å². The molecule has 1 atom stereocenters. The van der Waals surface area contributed by atoms with Crippen molar-refractivity contribution in [3.05, 3.63) is 125 Å². The molecule has 0 radical (unpaired) electrons. The molecule has 0 saturated carbocycles. The van der Waals surface area contributed by atoms with E-state index in [1.54, 1.807) is 12.1 Å². The third-order valence-electron chi connectivity index (χ3n) is 5.71. The minimum absolute atomic E-state index is 0.0741. The number of ketones is 1. The predicted octanol–water partition coefficient (Wildman–Crippen LogP) is 6.15. The molecular formula is C28H20FN3O3S2. The third-order valence-corrected chi connectivity index (χ3v) is 7.83. The number of nitrogens with zero attached hydrogens (tertiary/aromatic N) is 3. The van der Waals surface area contributed by atoms with Gasteiger partial charge in [-0.25, -0.2) is 4.39 Å². The van der Waals surface area contributed by atoms with Crippen LogP contribution in [0.15, 0.2) is 107 Å². The van der Waals surface area contributed by atoms with Crippen LogP contribution in [0.1, 0.15) is 22.7 Å². The van der Waals surface area contributed by atoms with Crippen molar-refractivity contribution >= 4 is 46.0 Å². The Morgan fingerprint density at radius 3 is 2.41 bits per heavy atom. The minimum atomic E-state index is -1.19. The maximum absolute atomic E-state index is 15.0. The van der Waals surface area contributed by atoms with Crippen LogP contribution >= 0.6 is 23.1 Å². The Kier molecular flexibility index (Phi) is 7.25. The molecule has 3 aromatic carbocycles. The van der Waals surface area contributed by atoms with Crippen LogP contribution in [0.2, 0.25) is 0 Å². The molecular weight excluding hydrogens is 509 g/mol. The Hall–Kier alpha value is -4.08. The highest BCUT2D eigenvalue weighted by Gasteiger charge is 2.46. The maximum atomic E-state index is 15.0. The first kappa shape index (κ1) is 24.6. The lowest BCUT2D eigenvalue weighted by atomic mass is 9.95. The van der Waals surface area contributed by atoms with Gasteiger partial charge in [0.25, 0.3) is 5.91 Å². The highest BCUT2D eigenvalue weighted by Crippen LogP contribution is 2.43. The lowest BCUT2D eigenvalue weighted by Gasteiger charge is -2.24. The molecule has 0 saturated heterocycles. The summed E-state index contributed by atoms with van der Waals surface area (Å²) in [6.45, 7) is 0. The van der Waals surface area contributed by atoms with Crippen molar-refractivity contribution in [2.24, 2.45) is 0 Å². The van der Waals surface area contributed by atoms with Gasteiger partial charge in [-0.3, -0.25) is 14.5 Å². The van der Waals surface area contributed by atoms with Crippen molar-refractivity contribution in [1.82, 2.24) is 10.2 Å². The number of hydrogen-bond acceptors (Lipinski definition) is 7. The Balaban J connectivity index is 1.48. The van der Waals surface area contributed by atoms with Crippen LogP contribution < -0.4 is 4.90 Å². The van der Waals surface area contributed by atoms with Crippen molar-refractivity contribution in [2.75, 3.05) is 4.90 Å². The predicted molar refractivity (Wildman–Crippen MR) is 143 cm³/mol. The topological polar surface area (TPSA) is 83.4 Å². The summed E-state index contributed by atoms with van der Waals surface area (Å²) in [6.07, 6.45) is 2.85. The van der Waals surface area contributed by atoms with Gasteiger partial charge in [-0.2, -0.15) is 0 Å². The number of carbonyl (C=O) groups is 2. The summed E-state index contributed by atoms with van der Waals surface area (Å²) in [5.74, 6) is -2.13. The van der Waals surface area contributed by atoms with Crippen molar-refractivity contribution in [2.45, 2.75) is 16.1 Å². The summed E-state index contributed by atoms with van der Waals surface area (Å²) in [5.41, 5.74) is 1.73. The maximum Gasteiger partial charge on any atom is 0.296 e. The van der Waals surface area contributed by atoms with Gasteiger partial charge in [-0.1, -0.05) is 108 Å². The van der Waals surface area contributed by atoms with E-state index in [2.05, 4.69) is 10.2 Å². The summed E-state index contributed by atoms with van der Waals surface area (Å²) in [6, 6.07) is 23.6. The molecule has 1 aromatic heterocycles. The fourth-order valence-electron chi connectivity index (χ4n) is 3.95. The highest BCUT2D eigenvalue weighted by atomic mass is 32.2. The van der Waals surface area contributed by atoms with E-state index in [9.17, 15) is 19.1 Å². The van der Waals surface area contributed by atoms with Crippen LogP contribution in [0.4, 0.5) is 9.52 Å². The SMILES string of the molecule is O=C(C=Cc1ccccc1)C1=C(O)C(=O)N(c2nnc(SCc3ccccc3)s2)C1c1ccccc1F. The number of amides is 1. The van der Waals surface area contributed by atoms with Crippen LogP contribution in [-0.2, 0) is 15.3 Å². The summed E-state index contributed by atoms with van der Waals surface area (Å²) in [7, 11) is 0. The molecule has 0 fully saturated rings. The van der Waals surface area contributed by atoms with Crippen LogP contribution in [0.25, 0.3) is 6.08 Å². The molecule has 9 heteroatoms. The summed E-state index contributed by atoms with van der Waals surface area (Å²) < 4.78 is 15.6. The lowest BCUT2D eigenvalue weighted by Crippen LogP contribution is -2.31. The van der Waals surface area contributed by atoms with E-state index in [-0.39, 0.29) is 16.3 Å². The van der Waals surface area contributed by atoms with Crippen LogP contribution in [-0.4, -0.2) is 27.0 Å². The zero-order valence-corrected chi connectivity index (χ0v) is 21.0. The van der Waals surface area contributed by atoms with Crippen molar-refractivity contribution < 1.29 is 19.1 Å². The number of aromatic nitrogens is 2. The molecule has 2 heterocycles. The number of halogens is 1. The monoisotopic (exact) mass is 529 g/mol. The number of aliphatic hydroxyl groups is 1. The van der Waals surface area contributed by atoms with Crippen LogP contribution in [0.5, 0.6) is 0 Å². The number of allylic oxidation sites excluding steroid dienone is 1. The zero-order valence-electron chi connectivity index (χ0n) is 19.3. The minimum Gasteiger partial charge on any atom is -0.503 e. The third kappa shape index (κ3) is 5.23. The van der Waals surface area contributed by atoms with E-state index in [0.717, 1.165) is 27.4 Å². The number of rotatable bonds is 8. The number of anilines is 1. The molecule has 184 valence electrons. The van der Waals surface area contributed by atoms with Gasteiger partial charge in [0, 0.05) is 11.3 Å². The number of aliphatic hydroxyl groups excluding tert-OH is 1. The van der Waals surface area contributed by atoms with Crippen LogP contribution in [0, 0.1) is 5.82 Å². The van der Waals surface area contributed by atoms with E-state index in [4.69, 9.17) is 0 Å². The van der Waals surface area contributed by atoms with Crippen molar-refractivity contribution in [1.29, 1.82) is 0 Å². The molecule has 1 aliphatic rings. The summed E-state index contributed by atoms with van der Waals surface area (Å²) in [5, 5.41) is 19.3. The molecule has 0 bridgehead atoms. The highest BCUT2D eigenvalue weighted by molar-refractivity contribution is 8.00.